The van der Waals surface area contributed by atoms with E-state index in [2.05, 4.69) is 5.32 Å². The second kappa shape index (κ2) is 6.98. The van der Waals surface area contributed by atoms with Gasteiger partial charge in [-0.2, -0.15) is 5.26 Å². The van der Waals surface area contributed by atoms with Gasteiger partial charge in [0, 0.05) is 22.6 Å². The fourth-order valence-corrected chi connectivity index (χ4v) is 2.52. The Hall–Kier alpha value is -2.79. The van der Waals surface area contributed by atoms with Gasteiger partial charge in [0.05, 0.1) is 10.7 Å². The number of non-ortho nitro benzene ring substituents is 1. The highest BCUT2D eigenvalue weighted by Gasteiger charge is 2.16. The molecule has 0 spiro atoms. The molecule has 0 aliphatic heterocycles. The summed E-state index contributed by atoms with van der Waals surface area (Å²) >= 11 is 1.23. The molecule has 2 rings (SSSR count). The van der Waals surface area contributed by atoms with Crippen LogP contribution < -0.4 is 5.32 Å². The van der Waals surface area contributed by atoms with Crippen molar-refractivity contribution in [3.8, 4) is 6.07 Å². The van der Waals surface area contributed by atoms with Crippen LogP contribution in [0.3, 0.4) is 0 Å². The molecule has 1 N–H and O–H groups in total. The molecule has 7 nitrogen and oxygen atoms in total. The number of nitro benzene ring substituents is 1. The van der Waals surface area contributed by atoms with E-state index in [-0.39, 0.29) is 23.2 Å². The Balaban J connectivity index is 1.97. The van der Waals surface area contributed by atoms with Crippen molar-refractivity contribution < 1.29 is 14.1 Å². The minimum Gasteiger partial charge on any atom is -0.444 e. The van der Waals surface area contributed by atoms with Crippen LogP contribution in [0.15, 0.2) is 33.6 Å². The van der Waals surface area contributed by atoms with Gasteiger partial charge in [-0.15, -0.1) is 11.8 Å². The summed E-state index contributed by atoms with van der Waals surface area (Å²) in [5.41, 5.74) is 1.01. The van der Waals surface area contributed by atoms with Crippen molar-refractivity contribution in [3.05, 3.63) is 51.3 Å². The number of aryl methyl sites for hydroxylation is 1. The molecule has 0 unspecified atom stereocenters. The summed E-state index contributed by atoms with van der Waals surface area (Å²) < 4.78 is 5.36. The number of anilines is 1. The lowest BCUT2D eigenvalue weighted by Crippen LogP contribution is -2.14. The number of hydrogen-bond donors (Lipinski definition) is 1. The van der Waals surface area contributed by atoms with Crippen LogP contribution in [-0.2, 0) is 4.79 Å². The Kier molecular flexibility index (Phi) is 5.03. The first kappa shape index (κ1) is 16.6. The first-order valence-electron chi connectivity index (χ1n) is 6.59. The Morgan fingerprint density at radius 3 is 2.61 bits per heavy atom. The van der Waals surface area contributed by atoms with Gasteiger partial charge >= 0.3 is 0 Å². The molecule has 8 heteroatoms. The van der Waals surface area contributed by atoms with Crippen LogP contribution in [0.2, 0.25) is 0 Å². The molecule has 0 bridgehead atoms. The predicted molar refractivity (Wildman–Crippen MR) is 85.3 cm³/mol. The number of nitrogens with one attached hydrogen (secondary N) is 1. The monoisotopic (exact) mass is 331 g/mol. The van der Waals surface area contributed by atoms with E-state index in [4.69, 9.17) is 9.68 Å². The number of hydrogen-bond acceptors (Lipinski definition) is 6. The molecule has 1 amide bonds. The van der Waals surface area contributed by atoms with Crippen LogP contribution in [0.25, 0.3) is 0 Å². The van der Waals surface area contributed by atoms with E-state index < -0.39 is 4.92 Å². The number of rotatable bonds is 5. The number of carbonyl (C=O) groups excluding carboxylic acids is 1. The quantitative estimate of drug-likeness (QED) is 0.511. The SMILES string of the molecule is Cc1oc(NC(=O)CSc2ccc([N+](=O)[O-])cc2)c(C#N)c1C. The minimum atomic E-state index is -0.480. The smallest absolute Gasteiger partial charge is 0.269 e. The van der Waals surface area contributed by atoms with Gasteiger partial charge in [-0.1, -0.05) is 0 Å². The number of carbonyl (C=O) groups is 1. The molecule has 0 atom stereocenters. The average Bonchev–Trinajstić information content (AvgIpc) is 2.79. The van der Waals surface area contributed by atoms with Crippen molar-refractivity contribution in [2.45, 2.75) is 18.7 Å². The predicted octanol–water partition coefficient (Wildman–Crippen LogP) is 3.41. The maximum absolute atomic E-state index is 11.9. The van der Waals surface area contributed by atoms with Crippen molar-refractivity contribution in [2.75, 3.05) is 11.1 Å². The van der Waals surface area contributed by atoms with Gasteiger partial charge in [0.25, 0.3) is 5.69 Å². The second-order valence-corrected chi connectivity index (χ2v) is 5.74. The summed E-state index contributed by atoms with van der Waals surface area (Å²) in [5, 5.41) is 22.2. The Morgan fingerprint density at radius 2 is 2.04 bits per heavy atom. The largest absolute Gasteiger partial charge is 0.444 e. The third kappa shape index (κ3) is 3.90. The normalized spacial score (nSPS) is 10.1. The fourth-order valence-electron chi connectivity index (χ4n) is 1.83. The van der Waals surface area contributed by atoms with Crippen LogP contribution in [-0.4, -0.2) is 16.6 Å². The molecule has 1 aromatic heterocycles. The maximum atomic E-state index is 11.9. The van der Waals surface area contributed by atoms with Gasteiger partial charge in [-0.3, -0.25) is 20.2 Å². The molecule has 118 valence electrons. The van der Waals surface area contributed by atoms with E-state index in [1.54, 1.807) is 26.0 Å². The number of furan rings is 1. The highest BCUT2D eigenvalue weighted by Crippen LogP contribution is 2.26. The Morgan fingerprint density at radius 1 is 1.39 bits per heavy atom. The van der Waals surface area contributed by atoms with Gasteiger partial charge < -0.3 is 4.42 Å². The molecule has 1 aromatic carbocycles. The summed E-state index contributed by atoms with van der Waals surface area (Å²) in [6, 6.07) is 7.93. The van der Waals surface area contributed by atoms with Crippen LogP contribution in [0.1, 0.15) is 16.9 Å². The lowest BCUT2D eigenvalue weighted by Gasteiger charge is -2.03. The molecule has 0 radical (unpaired) electrons. The number of nitriles is 1. The molecular weight excluding hydrogens is 318 g/mol. The molecule has 0 saturated carbocycles. The second-order valence-electron chi connectivity index (χ2n) is 4.69. The number of nitrogens with zero attached hydrogens (tertiary/aromatic N) is 2. The minimum absolute atomic E-state index is 0.000926. The molecule has 1 heterocycles. The van der Waals surface area contributed by atoms with Gasteiger partial charge in [0.15, 0.2) is 0 Å². The van der Waals surface area contributed by atoms with Gasteiger partial charge in [-0.05, 0) is 26.0 Å². The number of thioether (sulfide) groups is 1. The lowest BCUT2D eigenvalue weighted by atomic mass is 10.2. The highest BCUT2D eigenvalue weighted by molar-refractivity contribution is 8.00. The van der Waals surface area contributed by atoms with Crippen molar-refractivity contribution >= 4 is 29.2 Å². The van der Waals surface area contributed by atoms with Crippen molar-refractivity contribution in [2.24, 2.45) is 0 Å². The number of benzene rings is 1. The molecule has 0 fully saturated rings. The lowest BCUT2D eigenvalue weighted by molar-refractivity contribution is -0.384. The molecule has 0 aliphatic rings. The third-order valence-corrected chi connectivity index (χ3v) is 4.18. The van der Waals surface area contributed by atoms with Crippen LogP contribution >= 0.6 is 11.8 Å². The Labute approximate surface area is 136 Å². The van der Waals surface area contributed by atoms with Crippen molar-refractivity contribution in [1.29, 1.82) is 5.26 Å². The molecular formula is C15H13N3O4S. The standard InChI is InChI=1S/C15H13N3O4S/c1-9-10(2)22-15(13(9)7-16)17-14(19)8-23-12-5-3-11(4-6-12)18(20)21/h3-6H,8H2,1-2H3,(H,17,19). The number of amides is 1. The van der Waals surface area contributed by atoms with Gasteiger partial charge in [-0.25, -0.2) is 0 Å². The summed E-state index contributed by atoms with van der Waals surface area (Å²) in [4.78, 5) is 22.8. The maximum Gasteiger partial charge on any atom is 0.269 e. The van der Waals surface area contributed by atoms with Crippen molar-refractivity contribution in [1.82, 2.24) is 0 Å². The third-order valence-electron chi connectivity index (χ3n) is 3.17. The summed E-state index contributed by atoms with van der Waals surface area (Å²) in [5.74, 6) is 0.511. The van der Waals surface area contributed by atoms with Gasteiger partial charge in [0.2, 0.25) is 11.8 Å². The van der Waals surface area contributed by atoms with Gasteiger partial charge in [0.1, 0.15) is 17.4 Å². The summed E-state index contributed by atoms with van der Waals surface area (Å²) in [6.45, 7) is 3.47. The van der Waals surface area contributed by atoms with E-state index in [1.165, 1.54) is 23.9 Å². The van der Waals surface area contributed by atoms with E-state index in [0.717, 1.165) is 4.90 Å². The molecule has 2 aromatic rings. The highest BCUT2D eigenvalue weighted by atomic mass is 32.2. The summed E-state index contributed by atoms with van der Waals surface area (Å²) in [7, 11) is 0. The topological polar surface area (TPSA) is 109 Å². The van der Waals surface area contributed by atoms with Crippen LogP contribution in [0.5, 0.6) is 0 Å². The molecule has 0 aliphatic carbocycles. The molecule has 0 saturated heterocycles. The zero-order valence-electron chi connectivity index (χ0n) is 12.5. The van der Waals surface area contributed by atoms with E-state index >= 15 is 0 Å². The van der Waals surface area contributed by atoms with E-state index in [1.807, 2.05) is 6.07 Å². The summed E-state index contributed by atoms with van der Waals surface area (Å²) in [6.07, 6.45) is 0. The van der Waals surface area contributed by atoms with E-state index in [9.17, 15) is 14.9 Å². The zero-order chi connectivity index (χ0) is 17.0. The first-order valence-corrected chi connectivity index (χ1v) is 7.58. The molecule has 23 heavy (non-hydrogen) atoms. The van der Waals surface area contributed by atoms with Crippen LogP contribution in [0.4, 0.5) is 11.6 Å². The van der Waals surface area contributed by atoms with Crippen molar-refractivity contribution in [3.63, 3.8) is 0 Å². The number of nitro groups is 1. The average molecular weight is 331 g/mol. The Bertz CT molecular complexity index is 790. The zero-order valence-corrected chi connectivity index (χ0v) is 13.3. The van der Waals surface area contributed by atoms with E-state index in [0.29, 0.717) is 16.9 Å². The fraction of sp³-hybridized carbons (Fsp3) is 0.200. The van der Waals surface area contributed by atoms with Crippen LogP contribution in [0, 0.1) is 35.3 Å². The first-order chi connectivity index (χ1) is 10.9.